The molecule has 0 spiro atoms. The Kier molecular flexibility index (Phi) is 11.0. The number of nitrogens with zero attached hydrogens (tertiary/aromatic N) is 4. The van der Waals surface area contributed by atoms with Crippen molar-refractivity contribution in [3.05, 3.63) is 71.7 Å². The molecule has 2 atom stereocenters. The minimum Gasteiger partial charge on any atom is -0.494 e. The van der Waals surface area contributed by atoms with Crippen molar-refractivity contribution in [2.24, 2.45) is 28.1 Å². The first-order valence-corrected chi connectivity index (χ1v) is 14.6. The number of carbonyl (C=O) groups excluding carboxylic acids is 2. The number of methoxy groups -OCH3 is 1. The number of hydrogen-bond acceptors (Lipinski definition) is 8. The molecule has 4 aromatic rings. The van der Waals surface area contributed by atoms with Crippen molar-refractivity contribution in [1.29, 1.82) is 0 Å². The fraction of sp³-hybridized carbons (Fsp3) is 0.323. The van der Waals surface area contributed by atoms with Crippen LogP contribution in [0.5, 0.6) is 5.75 Å². The number of benzene rings is 2. The summed E-state index contributed by atoms with van der Waals surface area (Å²) in [6, 6.07) is 7.34. The molecule has 2 amide bonds. The van der Waals surface area contributed by atoms with Gasteiger partial charge in [0.05, 0.1) is 25.0 Å². The molecule has 244 valence electrons. The van der Waals surface area contributed by atoms with Gasteiger partial charge in [-0.05, 0) is 54.7 Å². The first kappa shape index (κ1) is 33.6. The molecule has 0 aliphatic rings. The molecule has 0 aliphatic heterocycles. The standard InChI is InChI=1S/C31H38F2N10O3/c1-4-18-13-19(5-6-20(18)29(44)40-14-17(2)15-41-30(45)22(34)9-10-38-31(35)36)42-27-28-39-16-23(43(28)12-11-37-27)21-7-8-24(46-3)26(33)25(21)32/h5-8,11-13,16-17,22H,4,9-10,14-15,34H2,1-3H3,(H,37,42)(H,40,44)(H,41,45)(H4,35,36,38)/t17?,22-/m1/s1. The van der Waals surface area contributed by atoms with Crippen molar-refractivity contribution in [2.45, 2.75) is 32.7 Å². The maximum atomic E-state index is 14.8. The van der Waals surface area contributed by atoms with Gasteiger partial charge in [0.1, 0.15) is 0 Å². The Morgan fingerprint density at radius 3 is 2.57 bits per heavy atom. The summed E-state index contributed by atoms with van der Waals surface area (Å²) in [5.41, 5.74) is 19.1. The van der Waals surface area contributed by atoms with Crippen LogP contribution >= 0.6 is 0 Å². The number of hydrogen-bond donors (Lipinski definition) is 6. The molecule has 2 aromatic heterocycles. The van der Waals surface area contributed by atoms with Gasteiger partial charge in [0.25, 0.3) is 5.91 Å². The smallest absolute Gasteiger partial charge is 0.251 e. The number of fused-ring (bicyclic) bond motifs is 1. The Morgan fingerprint density at radius 2 is 1.85 bits per heavy atom. The zero-order valence-corrected chi connectivity index (χ0v) is 25.8. The lowest BCUT2D eigenvalue weighted by molar-refractivity contribution is -0.122. The minimum atomic E-state index is -1.09. The molecule has 0 aliphatic carbocycles. The number of aryl methyl sites for hydroxylation is 1. The second-order valence-corrected chi connectivity index (χ2v) is 10.7. The summed E-state index contributed by atoms with van der Waals surface area (Å²) >= 11 is 0. The number of amides is 2. The second-order valence-electron chi connectivity index (χ2n) is 10.7. The van der Waals surface area contributed by atoms with Crippen molar-refractivity contribution >= 4 is 34.9 Å². The summed E-state index contributed by atoms with van der Waals surface area (Å²) in [6.45, 7) is 4.74. The molecule has 2 heterocycles. The van der Waals surface area contributed by atoms with E-state index >= 15 is 0 Å². The normalized spacial score (nSPS) is 12.3. The zero-order valence-electron chi connectivity index (χ0n) is 25.8. The molecule has 0 bridgehead atoms. The van der Waals surface area contributed by atoms with Crippen LogP contribution in [0.4, 0.5) is 20.3 Å². The highest BCUT2D eigenvalue weighted by atomic mass is 19.2. The summed E-state index contributed by atoms with van der Waals surface area (Å²) in [5.74, 6) is -2.63. The third-order valence-electron chi connectivity index (χ3n) is 7.27. The molecule has 0 saturated carbocycles. The van der Waals surface area contributed by atoms with Crippen LogP contribution in [0.2, 0.25) is 0 Å². The summed E-state index contributed by atoms with van der Waals surface area (Å²) < 4.78 is 35.7. The number of nitrogens with two attached hydrogens (primary N) is 3. The van der Waals surface area contributed by atoms with Crippen LogP contribution in [0.15, 0.2) is 53.9 Å². The molecule has 2 aromatic carbocycles. The van der Waals surface area contributed by atoms with Gasteiger partial charge in [-0.15, -0.1) is 0 Å². The van der Waals surface area contributed by atoms with E-state index in [1.807, 2.05) is 19.9 Å². The van der Waals surface area contributed by atoms with Crippen molar-refractivity contribution in [3.63, 3.8) is 0 Å². The lowest BCUT2D eigenvalue weighted by Crippen LogP contribution is -2.44. The molecule has 1 unspecified atom stereocenters. The number of imidazole rings is 1. The molecule has 0 saturated heterocycles. The zero-order chi connectivity index (χ0) is 33.4. The molecule has 15 heteroatoms. The van der Waals surface area contributed by atoms with Crippen molar-refractivity contribution in [3.8, 4) is 17.0 Å². The van der Waals surface area contributed by atoms with Crippen LogP contribution in [0.25, 0.3) is 16.9 Å². The molecule has 13 nitrogen and oxygen atoms in total. The van der Waals surface area contributed by atoms with Gasteiger partial charge in [0.2, 0.25) is 11.7 Å². The molecule has 0 fully saturated rings. The predicted octanol–water partition coefficient (Wildman–Crippen LogP) is 2.46. The maximum Gasteiger partial charge on any atom is 0.251 e. The Labute approximate surface area is 264 Å². The van der Waals surface area contributed by atoms with Gasteiger partial charge in [-0.2, -0.15) is 4.39 Å². The van der Waals surface area contributed by atoms with Gasteiger partial charge >= 0.3 is 0 Å². The number of anilines is 2. The number of ether oxygens (including phenoxy) is 1. The van der Waals surface area contributed by atoms with Crippen LogP contribution in [-0.2, 0) is 11.2 Å². The third kappa shape index (κ3) is 7.85. The highest BCUT2D eigenvalue weighted by Gasteiger charge is 2.20. The highest BCUT2D eigenvalue weighted by molar-refractivity contribution is 5.96. The van der Waals surface area contributed by atoms with Crippen molar-refractivity contribution in [1.82, 2.24) is 25.0 Å². The largest absolute Gasteiger partial charge is 0.494 e. The number of guanidine groups is 1. The van der Waals surface area contributed by atoms with Gasteiger partial charge in [-0.3, -0.25) is 19.0 Å². The fourth-order valence-corrected chi connectivity index (χ4v) is 4.72. The van der Waals surface area contributed by atoms with Crippen LogP contribution in [0.1, 0.15) is 36.2 Å². The van der Waals surface area contributed by atoms with Crippen molar-refractivity contribution in [2.75, 3.05) is 32.1 Å². The van der Waals surface area contributed by atoms with Crippen LogP contribution in [0, 0.1) is 17.6 Å². The predicted molar refractivity (Wildman–Crippen MR) is 172 cm³/mol. The number of halogens is 2. The quantitative estimate of drug-likeness (QED) is 0.0889. The lowest BCUT2D eigenvalue weighted by atomic mass is 10.0. The first-order valence-electron chi connectivity index (χ1n) is 14.6. The highest BCUT2D eigenvalue weighted by Crippen LogP contribution is 2.31. The number of carbonyl (C=O) groups is 2. The second kappa shape index (κ2) is 15.1. The lowest BCUT2D eigenvalue weighted by Gasteiger charge is -2.17. The number of aliphatic imine (C=N–C) groups is 1. The summed E-state index contributed by atoms with van der Waals surface area (Å²) in [5, 5.41) is 8.92. The maximum absolute atomic E-state index is 14.8. The van der Waals surface area contributed by atoms with Gasteiger partial charge < -0.3 is 37.9 Å². The molecular formula is C31H38F2N10O3. The molecule has 9 N–H and O–H groups in total. The monoisotopic (exact) mass is 636 g/mol. The van der Waals surface area contributed by atoms with E-state index in [2.05, 4.69) is 30.9 Å². The van der Waals surface area contributed by atoms with E-state index in [4.69, 9.17) is 21.9 Å². The van der Waals surface area contributed by atoms with E-state index in [-0.39, 0.29) is 41.5 Å². The van der Waals surface area contributed by atoms with E-state index in [1.54, 1.807) is 22.7 Å². The number of rotatable bonds is 14. The topological polar surface area (TPSA) is 200 Å². The van der Waals surface area contributed by atoms with Gasteiger partial charge in [-0.25, -0.2) is 14.4 Å². The Balaban J connectivity index is 1.40. The summed E-state index contributed by atoms with van der Waals surface area (Å²) in [6.07, 6.45) is 5.44. The van der Waals surface area contributed by atoms with Crippen molar-refractivity contribution < 1.29 is 23.1 Å². The SMILES string of the molecule is CCc1cc(Nc2nccn3c(-c4ccc(OC)c(F)c4F)cnc23)ccc1C(=O)NCC(C)CNC(=O)[C@H](N)CCN=C(N)N. The number of nitrogens with one attached hydrogen (secondary N) is 3. The van der Waals surface area contributed by atoms with Crippen LogP contribution in [0.3, 0.4) is 0 Å². The van der Waals surface area contributed by atoms with Gasteiger partial charge in [0.15, 0.2) is 29.0 Å². The van der Waals surface area contributed by atoms with E-state index in [0.717, 1.165) is 5.56 Å². The number of aromatic nitrogens is 3. The van der Waals surface area contributed by atoms with E-state index in [0.29, 0.717) is 54.3 Å². The van der Waals surface area contributed by atoms with E-state index < -0.39 is 17.7 Å². The molecular weight excluding hydrogens is 598 g/mol. The Hall–Kier alpha value is -5.31. The minimum absolute atomic E-state index is 0.0198. The summed E-state index contributed by atoms with van der Waals surface area (Å²) in [7, 11) is 1.27. The van der Waals surface area contributed by atoms with E-state index in [9.17, 15) is 18.4 Å². The third-order valence-corrected chi connectivity index (χ3v) is 7.27. The Bertz CT molecular complexity index is 1740. The molecule has 4 rings (SSSR count). The van der Waals surface area contributed by atoms with Gasteiger partial charge in [-0.1, -0.05) is 13.8 Å². The van der Waals surface area contributed by atoms with E-state index in [1.165, 1.54) is 31.6 Å². The average Bonchev–Trinajstić information content (AvgIpc) is 3.48. The average molecular weight is 637 g/mol. The van der Waals surface area contributed by atoms with Crippen LogP contribution < -0.4 is 37.9 Å². The van der Waals surface area contributed by atoms with Crippen LogP contribution in [-0.4, -0.2) is 64.9 Å². The fourth-order valence-electron chi connectivity index (χ4n) is 4.72. The molecule has 0 radical (unpaired) electrons. The summed E-state index contributed by atoms with van der Waals surface area (Å²) in [4.78, 5) is 37.9. The van der Waals surface area contributed by atoms with Gasteiger partial charge in [0, 0.05) is 48.8 Å². The molecule has 46 heavy (non-hydrogen) atoms. The Morgan fingerprint density at radius 1 is 1.09 bits per heavy atom. The first-order chi connectivity index (χ1) is 22.0.